The van der Waals surface area contributed by atoms with E-state index >= 15 is 0 Å². The zero-order valence-electron chi connectivity index (χ0n) is 12.1. The second-order valence-corrected chi connectivity index (χ2v) is 4.70. The second kappa shape index (κ2) is 6.56. The molecule has 2 aromatic rings. The van der Waals surface area contributed by atoms with E-state index in [4.69, 9.17) is 4.74 Å². The summed E-state index contributed by atoms with van der Waals surface area (Å²) >= 11 is 0. The summed E-state index contributed by atoms with van der Waals surface area (Å²) in [6.07, 6.45) is -1.70. The van der Waals surface area contributed by atoms with Gasteiger partial charge >= 0.3 is 6.18 Å². The first kappa shape index (κ1) is 16.6. The van der Waals surface area contributed by atoms with Gasteiger partial charge in [0.15, 0.2) is 17.3 Å². The van der Waals surface area contributed by atoms with Crippen molar-refractivity contribution in [1.29, 1.82) is 0 Å². The number of allylic oxidation sites excluding steroid dienone is 1. The third-order valence-corrected chi connectivity index (χ3v) is 3.13. The molecule has 0 amide bonds. The van der Waals surface area contributed by atoms with Gasteiger partial charge in [-0.1, -0.05) is 24.3 Å². The molecule has 0 bridgehead atoms. The van der Waals surface area contributed by atoms with Crippen molar-refractivity contribution in [3.63, 3.8) is 0 Å². The maximum Gasteiger partial charge on any atom is 0.416 e. The molecule has 0 saturated carbocycles. The fourth-order valence-electron chi connectivity index (χ4n) is 1.89. The number of halogens is 3. The maximum absolute atomic E-state index is 12.5. The van der Waals surface area contributed by atoms with E-state index in [1.165, 1.54) is 31.4 Å². The Balaban J connectivity index is 2.15. The van der Waals surface area contributed by atoms with Crippen molar-refractivity contribution in [1.82, 2.24) is 0 Å². The number of phenolic OH excluding ortho intramolecular Hbond substituents is 1. The average molecular weight is 322 g/mol. The Morgan fingerprint density at radius 1 is 1.13 bits per heavy atom. The molecule has 0 saturated heterocycles. The molecule has 2 rings (SSSR count). The minimum Gasteiger partial charge on any atom is -0.504 e. The van der Waals surface area contributed by atoms with Crippen molar-refractivity contribution in [2.24, 2.45) is 0 Å². The number of phenols is 1. The maximum atomic E-state index is 12.5. The van der Waals surface area contributed by atoms with E-state index in [1.807, 2.05) is 0 Å². The quantitative estimate of drug-likeness (QED) is 0.674. The Morgan fingerprint density at radius 3 is 2.35 bits per heavy atom. The Labute approximate surface area is 130 Å². The fourth-order valence-corrected chi connectivity index (χ4v) is 1.89. The van der Waals surface area contributed by atoms with Gasteiger partial charge in [0.1, 0.15) is 0 Å². The van der Waals surface area contributed by atoms with Gasteiger partial charge in [-0.2, -0.15) is 13.2 Å². The molecule has 0 heterocycles. The summed E-state index contributed by atoms with van der Waals surface area (Å²) in [7, 11) is 1.40. The first-order valence-electron chi connectivity index (χ1n) is 6.58. The number of hydrogen-bond acceptors (Lipinski definition) is 3. The Bertz CT molecular complexity index is 732. The number of ether oxygens (including phenoxy) is 1. The number of rotatable bonds is 4. The molecular weight excluding hydrogens is 309 g/mol. The van der Waals surface area contributed by atoms with Crippen molar-refractivity contribution in [2.45, 2.75) is 6.18 Å². The lowest BCUT2D eigenvalue weighted by atomic mass is 10.1. The number of hydrogen-bond donors (Lipinski definition) is 1. The van der Waals surface area contributed by atoms with Crippen LogP contribution in [0, 0.1) is 0 Å². The summed E-state index contributed by atoms with van der Waals surface area (Å²) in [5.41, 5.74) is -0.0406. The molecule has 0 aromatic heterocycles. The molecular formula is C17H13F3O3. The van der Waals surface area contributed by atoms with Crippen molar-refractivity contribution in [3.05, 3.63) is 65.2 Å². The zero-order valence-corrected chi connectivity index (χ0v) is 12.1. The Morgan fingerprint density at radius 2 is 1.78 bits per heavy atom. The lowest BCUT2D eigenvalue weighted by Crippen LogP contribution is -2.05. The van der Waals surface area contributed by atoms with Crippen LogP contribution in [0.5, 0.6) is 11.5 Å². The van der Waals surface area contributed by atoms with E-state index in [2.05, 4.69) is 0 Å². The molecule has 0 aliphatic carbocycles. The Hall–Kier alpha value is -2.76. The van der Waals surface area contributed by atoms with E-state index in [-0.39, 0.29) is 17.1 Å². The summed E-state index contributed by atoms with van der Waals surface area (Å²) in [6, 6.07) is 8.52. The molecule has 0 aliphatic rings. The number of carbonyl (C=O) groups excluding carboxylic acids is 1. The minimum absolute atomic E-state index is 0.0290. The van der Waals surface area contributed by atoms with Crippen LogP contribution in [0.15, 0.2) is 48.5 Å². The number of carbonyl (C=O) groups is 1. The molecule has 3 nitrogen and oxygen atoms in total. The molecule has 6 heteroatoms. The van der Waals surface area contributed by atoms with Crippen LogP contribution in [-0.4, -0.2) is 18.0 Å². The van der Waals surface area contributed by atoms with Crippen molar-refractivity contribution in [3.8, 4) is 11.5 Å². The highest BCUT2D eigenvalue weighted by Crippen LogP contribution is 2.29. The van der Waals surface area contributed by atoms with Crippen LogP contribution < -0.4 is 4.74 Å². The molecule has 23 heavy (non-hydrogen) atoms. The average Bonchev–Trinajstić information content (AvgIpc) is 2.53. The zero-order chi connectivity index (χ0) is 17.0. The van der Waals surface area contributed by atoms with Gasteiger partial charge in [0.05, 0.1) is 12.7 Å². The predicted molar refractivity (Wildman–Crippen MR) is 79.5 cm³/mol. The Kier molecular flexibility index (Phi) is 4.74. The number of methoxy groups -OCH3 is 1. The smallest absolute Gasteiger partial charge is 0.416 e. The van der Waals surface area contributed by atoms with Gasteiger partial charge < -0.3 is 9.84 Å². The van der Waals surface area contributed by atoms with Crippen LogP contribution >= 0.6 is 0 Å². The third kappa shape index (κ3) is 4.12. The topological polar surface area (TPSA) is 46.5 Å². The summed E-state index contributed by atoms with van der Waals surface area (Å²) < 4.78 is 42.3. The number of alkyl halides is 3. The highest BCUT2D eigenvalue weighted by atomic mass is 19.4. The van der Waals surface area contributed by atoms with Gasteiger partial charge in [0.2, 0.25) is 0 Å². The minimum atomic E-state index is -4.43. The molecule has 1 N–H and O–H groups in total. The van der Waals surface area contributed by atoms with Crippen LogP contribution in [-0.2, 0) is 6.18 Å². The van der Waals surface area contributed by atoms with E-state index in [0.29, 0.717) is 5.56 Å². The number of benzene rings is 2. The third-order valence-electron chi connectivity index (χ3n) is 3.13. The largest absolute Gasteiger partial charge is 0.504 e. The normalized spacial score (nSPS) is 11.7. The summed E-state index contributed by atoms with van der Waals surface area (Å²) in [5.74, 6) is -0.196. The van der Waals surface area contributed by atoms with Crippen LogP contribution in [0.1, 0.15) is 21.5 Å². The lowest BCUT2D eigenvalue weighted by Gasteiger charge is -2.06. The molecule has 120 valence electrons. The van der Waals surface area contributed by atoms with Crippen molar-refractivity contribution in [2.75, 3.05) is 7.11 Å². The van der Waals surface area contributed by atoms with Crippen LogP contribution in [0.3, 0.4) is 0 Å². The molecule has 0 spiro atoms. The summed E-state index contributed by atoms with van der Waals surface area (Å²) in [4.78, 5) is 12.0. The highest BCUT2D eigenvalue weighted by molar-refractivity contribution is 6.06. The molecule has 0 radical (unpaired) electrons. The predicted octanol–water partition coefficient (Wildman–Crippen LogP) is 4.32. The van der Waals surface area contributed by atoms with Crippen molar-refractivity contribution >= 4 is 11.9 Å². The molecule has 0 unspecified atom stereocenters. The van der Waals surface area contributed by atoms with E-state index in [9.17, 15) is 23.1 Å². The van der Waals surface area contributed by atoms with Gasteiger partial charge in [-0.15, -0.1) is 0 Å². The first-order chi connectivity index (χ1) is 10.8. The van der Waals surface area contributed by atoms with Crippen molar-refractivity contribution < 1.29 is 27.8 Å². The number of ketones is 1. The van der Waals surface area contributed by atoms with Crippen LogP contribution in [0.4, 0.5) is 13.2 Å². The fraction of sp³-hybridized carbons (Fsp3) is 0.118. The van der Waals surface area contributed by atoms with Gasteiger partial charge in [-0.25, -0.2) is 0 Å². The molecule has 0 aliphatic heterocycles. The second-order valence-electron chi connectivity index (χ2n) is 4.70. The standard InChI is InChI=1S/C17H13F3O3/c1-23-16-10-11(3-9-15(16)22)2-8-14(21)12-4-6-13(7-5-12)17(18,19)20/h2-10,22H,1H3/b8-2+. The molecule has 0 fully saturated rings. The van der Waals surface area contributed by atoms with E-state index in [0.717, 1.165) is 24.3 Å². The van der Waals surface area contributed by atoms with E-state index < -0.39 is 17.5 Å². The summed E-state index contributed by atoms with van der Waals surface area (Å²) in [6.45, 7) is 0. The van der Waals surface area contributed by atoms with Gasteiger partial charge in [0, 0.05) is 5.56 Å². The van der Waals surface area contributed by atoms with Gasteiger partial charge in [-0.05, 0) is 35.9 Å². The SMILES string of the molecule is COc1cc(/C=C/C(=O)c2ccc(C(F)(F)F)cc2)ccc1O. The first-order valence-corrected chi connectivity index (χ1v) is 6.58. The molecule has 2 aromatic carbocycles. The molecule has 0 atom stereocenters. The van der Waals surface area contributed by atoms with Crippen LogP contribution in [0.2, 0.25) is 0 Å². The number of aromatic hydroxyl groups is 1. The van der Waals surface area contributed by atoms with Gasteiger partial charge in [0.25, 0.3) is 0 Å². The monoisotopic (exact) mass is 322 g/mol. The summed E-state index contributed by atoms with van der Waals surface area (Å²) in [5, 5.41) is 9.47. The van der Waals surface area contributed by atoms with E-state index in [1.54, 1.807) is 6.07 Å². The lowest BCUT2D eigenvalue weighted by molar-refractivity contribution is -0.137. The van der Waals surface area contributed by atoms with Crippen LogP contribution in [0.25, 0.3) is 6.08 Å². The van der Waals surface area contributed by atoms with Gasteiger partial charge in [-0.3, -0.25) is 4.79 Å². The highest BCUT2D eigenvalue weighted by Gasteiger charge is 2.30.